The van der Waals surface area contributed by atoms with E-state index in [4.69, 9.17) is 0 Å². The summed E-state index contributed by atoms with van der Waals surface area (Å²) in [5, 5.41) is 9.88. The number of hydrogen-bond acceptors (Lipinski definition) is 3. The number of phenolic OH excluding ortho intramolecular Hbond substituents is 1. The van der Waals surface area contributed by atoms with Crippen LogP contribution in [0.3, 0.4) is 0 Å². The van der Waals surface area contributed by atoms with Crippen molar-refractivity contribution in [3.05, 3.63) is 23.3 Å². The summed E-state index contributed by atoms with van der Waals surface area (Å²) >= 11 is 0. The van der Waals surface area contributed by atoms with Crippen LogP contribution in [-0.4, -0.2) is 23.5 Å². The van der Waals surface area contributed by atoms with Crippen LogP contribution in [0.4, 0.5) is 5.69 Å². The van der Waals surface area contributed by atoms with Crippen LogP contribution < -0.4 is 4.90 Å². The molecular weight excluding hydrogens is 226 g/mol. The van der Waals surface area contributed by atoms with Gasteiger partial charge in [0.1, 0.15) is 5.75 Å². The molecule has 18 heavy (non-hydrogen) atoms. The van der Waals surface area contributed by atoms with Crippen molar-refractivity contribution in [1.82, 2.24) is 0 Å². The van der Waals surface area contributed by atoms with Crippen LogP contribution in [0.2, 0.25) is 0 Å². The lowest BCUT2D eigenvalue weighted by atomic mass is 9.79. The summed E-state index contributed by atoms with van der Waals surface area (Å²) < 4.78 is 0. The first-order valence-corrected chi connectivity index (χ1v) is 6.50. The van der Waals surface area contributed by atoms with Crippen molar-refractivity contribution in [2.24, 2.45) is 0 Å². The highest BCUT2D eigenvalue weighted by atomic mass is 16.3. The highest BCUT2D eigenvalue weighted by Gasteiger charge is 2.35. The fourth-order valence-electron chi connectivity index (χ4n) is 3.23. The Bertz CT molecular complexity index is 480. The van der Waals surface area contributed by atoms with Gasteiger partial charge < -0.3 is 10.0 Å². The van der Waals surface area contributed by atoms with Crippen LogP contribution >= 0.6 is 0 Å². The normalized spacial score (nSPS) is 21.6. The molecule has 0 aromatic heterocycles. The van der Waals surface area contributed by atoms with Gasteiger partial charge in [0, 0.05) is 23.8 Å². The fraction of sp³-hybridized carbons (Fsp3) is 0.533. The van der Waals surface area contributed by atoms with E-state index in [2.05, 4.69) is 32.6 Å². The molecule has 1 aliphatic rings. The molecule has 0 bridgehead atoms. The maximum absolute atomic E-state index is 10.9. The van der Waals surface area contributed by atoms with Crippen LogP contribution in [0, 0.1) is 0 Å². The predicted octanol–water partition coefficient (Wildman–Crippen LogP) is 3.32. The Morgan fingerprint density at radius 3 is 2.72 bits per heavy atom. The Hall–Kier alpha value is -1.51. The van der Waals surface area contributed by atoms with Gasteiger partial charge in [0.05, 0.1) is 5.56 Å². The van der Waals surface area contributed by atoms with E-state index < -0.39 is 0 Å². The number of carbonyl (C=O) groups is 1. The minimum Gasteiger partial charge on any atom is -0.507 e. The number of fused-ring (bicyclic) bond motifs is 1. The van der Waals surface area contributed by atoms with Gasteiger partial charge in [0.25, 0.3) is 0 Å². The fourth-order valence-corrected chi connectivity index (χ4v) is 3.23. The number of phenols is 1. The topological polar surface area (TPSA) is 40.5 Å². The van der Waals surface area contributed by atoms with Gasteiger partial charge in [-0.05, 0) is 44.7 Å². The summed E-state index contributed by atoms with van der Waals surface area (Å²) in [7, 11) is 0. The molecule has 1 unspecified atom stereocenters. The Kier molecular flexibility index (Phi) is 3.09. The van der Waals surface area contributed by atoms with Gasteiger partial charge in [-0.15, -0.1) is 0 Å². The monoisotopic (exact) mass is 247 g/mol. The van der Waals surface area contributed by atoms with Crippen LogP contribution in [0.5, 0.6) is 5.75 Å². The number of anilines is 1. The molecule has 1 N–H and O–H groups in total. The maximum atomic E-state index is 10.9. The molecular formula is C15H21NO2. The molecule has 0 radical (unpaired) electrons. The molecule has 1 atom stereocenters. The molecule has 0 aliphatic carbocycles. The smallest absolute Gasteiger partial charge is 0.153 e. The van der Waals surface area contributed by atoms with Gasteiger partial charge in [0.2, 0.25) is 0 Å². The third kappa shape index (κ3) is 1.88. The average Bonchev–Trinajstić information content (AvgIpc) is 2.27. The molecule has 1 aliphatic heterocycles. The lowest BCUT2D eigenvalue weighted by Crippen LogP contribution is -2.48. The number of hydrogen-bond donors (Lipinski definition) is 1. The molecule has 2 rings (SSSR count). The van der Waals surface area contributed by atoms with Crippen molar-refractivity contribution in [3.63, 3.8) is 0 Å². The molecule has 1 aromatic rings. The highest BCUT2D eigenvalue weighted by molar-refractivity contribution is 5.82. The Morgan fingerprint density at radius 1 is 1.50 bits per heavy atom. The lowest BCUT2D eigenvalue weighted by molar-refractivity contribution is 0.112. The first kappa shape index (κ1) is 12.9. The van der Waals surface area contributed by atoms with Crippen molar-refractivity contribution in [2.75, 3.05) is 11.4 Å². The van der Waals surface area contributed by atoms with Gasteiger partial charge in [-0.2, -0.15) is 0 Å². The second kappa shape index (κ2) is 4.30. The molecule has 0 amide bonds. The zero-order valence-electron chi connectivity index (χ0n) is 11.5. The maximum Gasteiger partial charge on any atom is 0.153 e. The van der Waals surface area contributed by atoms with Crippen LogP contribution in [0.25, 0.3) is 0 Å². The Morgan fingerprint density at radius 2 is 2.17 bits per heavy atom. The minimum atomic E-state index is 0.0760. The molecule has 1 aromatic carbocycles. The SMILES string of the molecule is CCN1c2cc(O)c(C=O)cc2C(C)CC1(C)C. The molecule has 98 valence electrons. The van der Waals surface area contributed by atoms with E-state index in [1.165, 1.54) is 0 Å². The van der Waals surface area contributed by atoms with E-state index in [-0.39, 0.29) is 11.3 Å². The third-order valence-electron chi connectivity index (χ3n) is 3.98. The van der Waals surface area contributed by atoms with Gasteiger partial charge in [0.15, 0.2) is 6.29 Å². The number of rotatable bonds is 2. The first-order valence-electron chi connectivity index (χ1n) is 6.50. The predicted molar refractivity (Wildman–Crippen MR) is 73.6 cm³/mol. The van der Waals surface area contributed by atoms with Crippen molar-refractivity contribution < 1.29 is 9.90 Å². The highest BCUT2D eigenvalue weighted by Crippen LogP contribution is 2.45. The number of aldehydes is 1. The summed E-state index contributed by atoms with van der Waals surface area (Å²) in [6, 6.07) is 3.57. The Labute approximate surface area is 108 Å². The number of nitrogens with zero attached hydrogens (tertiary/aromatic N) is 1. The van der Waals surface area contributed by atoms with E-state index in [9.17, 15) is 9.90 Å². The average molecular weight is 247 g/mol. The molecule has 1 heterocycles. The van der Waals surface area contributed by atoms with Crippen molar-refractivity contribution in [2.45, 2.75) is 45.6 Å². The molecule has 3 nitrogen and oxygen atoms in total. The minimum absolute atomic E-state index is 0.0760. The van der Waals surface area contributed by atoms with E-state index in [0.29, 0.717) is 11.5 Å². The standard InChI is InChI=1S/C15H21NO2/c1-5-16-13-7-14(18)11(9-17)6-12(13)10(2)8-15(16,3)4/h6-7,9-10,18H,5,8H2,1-4H3. The quantitative estimate of drug-likeness (QED) is 0.815. The van der Waals surface area contributed by atoms with Crippen molar-refractivity contribution in [3.8, 4) is 5.75 Å². The first-order chi connectivity index (χ1) is 8.40. The van der Waals surface area contributed by atoms with Gasteiger partial charge in [-0.1, -0.05) is 6.92 Å². The summed E-state index contributed by atoms with van der Waals surface area (Å²) in [5.74, 6) is 0.476. The summed E-state index contributed by atoms with van der Waals surface area (Å²) in [4.78, 5) is 13.2. The summed E-state index contributed by atoms with van der Waals surface area (Å²) in [5.41, 5.74) is 2.69. The second-order valence-corrected chi connectivity index (χ2v) is 5.75. The van der Waals surface area contributed by atoms with E-state index >= 15 is 0 Å². The second-order valence-electron chi connectivity index (χ2n) is 5.75. The summed E-state index contributed by atoms with van der Waals surface area (Å²) in [6.07, 6.45) is 1.77. The zero-order valence-corrected chi connectivity index (χ0v) is 11.5. The van der Waals surface area contributed by atoms with Crippen LogP contribution in [0.1, 0.15) is 56.0 Å². The number of carbonyl (C=O) groups excluding carboxylic acids is 1. The molecule has 3 heteroatoms. The molecule has 0 fully saturated rings. The van der Waals surface area contributed by atoms with E-state index in [0.717, 1.165) is 30.5 Å². The number of aromatic hydroxyl groups is 1. The molecule has 0 saturated heterocycles. The van der Waals surface area contributed by atoms with Crippen molar-refractivity contribution in [1.29, 1.82) is 0 Å². The largest absolute Gasteiger partial charge is 0.507 e. The zero-order chi connectivity index (χ0) is 13.5. The van der Waals surface area contributed by atoms with Gasteiger partial charge >= 0.3 is 0 Å². The third-order valence-corrected chi connectivity index (χ3v) is 3.98. The lowest BCUT2D eigenvalue weighted by Gasteiger charge is -2.47. The van der Waals surface area contributed by atoms with Gasteiger partial charge in [-0.3, -0.25) is 4.79 Å². The van der Waals surface area contributed by atoms with Crippen LogP contribution in [0.15, 0.2) is 12.1 Å². The summed E-state index contributed by atoms with van der Waals surface area (Å²) in [6.45, 7) is 9.64. The van der Waals surface area contributed by atoms with Crippen LogP contribution in [-0.2, 0) is 0 Å². The Balaban J connectivity index is 2.62. The number of benzene rings is 1. The molecule has 0 spiro atoms. The van der Waals surface area contributed by atoms with E-state index in [1.807, 2.05) is 6.07 Å². The van der Waals surface area contributed by atoms with Gasteiger partial charge in [-0.25, -0.2) is 0 Å². The van der Waals surface area contributed by atoms with Crippen molar-refractivity contribution >= 4 is 12.0 Å². The molecule has 0 saturated carbocycles. The van der Waals surface area contributed by atoms with E-state index in [1.54, 1.807) is 6.07 Å².